The number of nitro benzene ring substituents is 1. The Hall–Kier alpha value is -2.35. The van der Waals surface area contributed by atoms with E-state index in [4.69, 9.17) is 23.2 Å². The highest BCUT2D eigenvalue weighted by atomic mass is 35.5. The van der Waals surface area contributed by atoms with Crippen molar-refractivity contribution >= 4 is 40.5 Å². The van der Waals surface area contributed by atoms with E-state index in [2.05, 4.69) is 10.2 Å². The molecule has 0 spiro atoms. The van der Waals surface area contributed by atoms with Crippen LogP contribution < -0.4 is 10.2 Å². The fourth-order valence-corrected chi connectivity index (χ4v) is 4.24. The monoisotopic (exact) mass is 450 g/mol. The van der Waals surface area contributed by atoms with Crippen LogP contribution in [0.2, 0.25) is 10.0 Å². The quantitative estimate of drug-likeness (QED) is 0.524. The molecule has 1 fully saturated rings. The van der Waals surface area contributed by atoms with Gasteiger partial charge in [0.2, 0.25) is 5.91 Å². The molecule has 2 aromatic rings. The summed E-state index contributed by atoms with van der Waals surface area (Å²) < 4.78 is 0. The van der Waals surface area contributed by atoms with Gasteiger partial charge in [-0.25, -0.2) is 0 Å². The number of anilines is 1. The van der Waals surface area contributed by atoms with E-state index in [0.717, 1.165) is 5.56 Å². The summed E-state index contributed by atoms with van der Waals surface area (Å²) in [6, 6.07) is 11.4. The van der Waals surface area contributed by atoms with Crippen LogP contribution in [0.15, 0.2) is 42.5 Å². The van der Waals surface area contributed by atoms with E-state index in [1.165, 1.54) is 6.07 Å². The maximum absolute atomic E-state index is 12.8. The van der Waals surface area contributed by atoms with E-state index >= 15 is 0 Å². The van der Waals surface area contributed by atoms with Gasteiger partial charge in [-0.2, -0.15) is 0 Å². The Morgan fingerprint density at radius 2 is 1.77 bits per heavy atom. The Labute approximate surface area is 185 Å². The average molecular weight is 451 g/mol. The Morgan fingerprint density at radius 3 is 2.40 bits per heavy atom. The highest BCUT2D eigenvalue weighted by Crippen LogP contribution is 2.29. The third-order valence-corrected chi connectivity index (χ3v) is 6.01. The summed E-state index contributed by atoms with van der Waals surface area (Å²) in [5.41, 5.74) is 1.53. The number of carbonyl (C=O) groups is 1. The number of para-hydroxylation sites is 2. The first-order valence-electron chi connectivity index (χ1n) is 9.75. The number of rotatable bonds is 6. The first kappa shape index (κ1) is 22.3. The summed E-state index contributed by atoms with van der Waals surface area (Å²) in [7, 11) is 0. The SMILES string of the molecule is CC(NC(=O)C(C)N1CCN(c2ccccc2[N+](=O)[O-])CC1)c1ccc(Cl)cc1Cl. The summed E-state index contributed by atoms with van der Waals surface area (Å²) in [5, 5.41) is 15.4. The van der Waals surface area contributed by atoms with Crippen LogP contribution in [0.3, 0.4) is 0 Å². The number of benzene rings is 2. The molecule has 2 atom stereocenters. The predicted octanol–water partition coefficient (Wildman–Crippen LogP) is 4.29. The molecule has 2 aromatic carbocycles. The maximum atomic E-state index is 12.8. The van der Waals surface area contributed by atoms with Crippen LogP contribution in [0.25, 0.3) is 0 Å². The number of nitro groups is 1. The van der Waals surface area contributed by atoms with Crippen LogP contribution in [0, 0.1) is 10.1 Å². The molecular weight excluding hydrogens is 427 g/mol. The summed E-state index contributed by atoms with van der Waals surface area (Å²) in [4.78, 5) is 27.8. The molecule has 7 nitrogen and oxygen atoms in total. The minimum Gasteiger partial charge on any atom is -0.363 e. The number of hydrogen-bond acceptors (Lipinski definition) is 5. The normalized spacial score (nSPS) is 16.7. The van der Waals surface area contributed by atoms with Crippen molar-refractivity contribution in [3.63, 3.8) is 0 Å². The zero-order valence-corrected chi connectivity index (χ0v) is 18.4. The molecule has 0 radical (unpaired) electrons. The van der Waals surface area contributed by atoms with E-state index in [1.807, 2.05) is 24.8 Å². The molecule has 30 heavy (non-hydrogen) atoms. The van der Waals surface area contributed by atoms with Crippen molar-refractivity contribution < 1.29 is 9.72 Å². The smallest absolute Gasteiger partial charge is 0.292 e. The minimum absolute atomic E-state index is 0.0901. The molecule has 1 amide bonds. The van der Waals surface area contributed by atoms with Crippen molar-refractivity contribution in [1.82, 2.24) is 10.2 Å². The minimum atomic E-state index is -0.360. The molecule has 0 aliphatic carbocycles. The van der Waals surface area contributed by atoms with E-state index in [1.54, 1.807) is 30.3 Å². The van der Waals surface area contributed by atoms with Crippen molar-refractivity contribution in [2.24, 2.45) is 0 Å². The van der Waals surface area contributed by atoms with Gasteiger partial charge in [-0.3, -0.25) is 19.8 Å². The van der Waals surface area contributed by atoms with E-state index < -0.39 is 0 Å². The van der Waals surface area contributed by atoms with Gasteiger partial charge in [-0.1, -0.05) is 41.4 Å². The predicted molar refractivity (Wildman–Crippen MR) is 119 cm³/mol. The third-order valence-electron chi connectivity index (χ3n) is 5.45. The second-order valence-electron chi connectivity index (χ2n) is 7.34. The van der Waals surface area contributed by atoms with Crippen molar-refractivity contribution in [3.05, 3.63) is 68.2 Å². The number of nitrogens with one attached hydrogen (secondary N) is 1. The highest BCUT2D eigenvalue weighted by molar-refractivity contribution is 6.35. The molecule has 1 N–H and O–H groups in total. The van der Waals surface area contributed by atoms with Gasteiger partial charge in [-0.15, -0.1) is 0 Å². The second-order valence-corrected chi connectivity index (χ2v) is 8.18. The van der Waals surface area contributed by atoms with Crippen molar-refractivity contribution in [2.75, 3.05) is 31.1 Å². The van der Waals surface area contributed by atoms with Gasteiger partial charge in [0, 0.05) is 42.3 Å². The Bertz CT molecular complexity index is 932. The molecule has 9 heteroatoms. The molecule has 1 aliphatic heterocycles. The maximum Gasteiger partial charge on any atom is 0.292 e. The van der Waals surface area contributed by atoms with E-state index in [-0.39, 0.29) is 28.6 Å². The molecular formula is C21H24Cl2N4O3. The first-order chi connectivity index (χ1) is 14.3. The van der Waals surface area contributed by atoms with Gasteiger partial charge in [-0.05, 0) is 37.6 Å². The molecule has 160 valence electrons. The largest absolute Gasteiger partial charge is 0.363 e. The molecule has 1 saturated heterocycles. The van der Waals surface area contributed by atoms with E-state index in [9.17, 15) is 14.9 Å². The first-order valence-corrected chi connectivity index (χ1v) is 10.5. The van der Waals surface area contributed by atoms with Gasteiger partial charge < -0.3 is 10.2 Å². The zero-order valence-electron chi connectivity index (χ0n) is 16.8. The fraction of sp³-hybridized carbons (Fsp3) is 0.381. The number of piperazine rings is 1. The lowest BCUT2D eigenvalue weighted by Crippen LogP contribution is -2.54. The van der Waals surface area contributed by atoms with Gasteiger partial charge >= 0.3 is 0 Å². The zero-order chi connectivity index (χ0) is 21.8. The summed E-state index contributed by atoms with van der Waals surface area (Å²) in [6.07, 6.45) is 0. The van der Waals surface area contributed by atoms with Crippen LogP contribution in [0.1, 0.15) is 25.5 Å². The van der Waals surface area contributed by atoms with Gasteiger partial charge in [0.05, 0.1) is 17.0 Å². The lowest BCUT2D eigenvalue weighted by atomic mass is 10.1. The van der Waals surface area contributed by atoms with Crippen LogP contribution in [0.5, 0.6) is 0 Å². The molecule has 1 aliphatic rings. The third kappa shape index (κ3) is 5.03. The summed E-state index contributed by atoms with van der Waals surface area (Å²) >= 11 is 12.2. The Morgan fingerprint density at radius 1 is 1.10 bits per heavy atom. The Kier molecular flexibility index (Phi) is 7.18. The van der Waals surface area contributed by atoms with Crippen LogP contribution >= 0.6 is 23.2 Å². The van der Waals surface area contributed by atoms with Crippen LogP contribution in [0.4, 0.5) is 11.4 Å². The number of carbonyl (C=O) groups excluding carboxylic acids is 1. The topological polar surface area (TPSA) is 78.7 Å². The number of hydrogen-bond donors (Lipinski definition) is 1. The number of amides is 1. The molecule has 2 unspecified atom stereocenters. The van der Waals surface area contributed by atoms with Crippen molar-refractivity contribution in [1.29, 1.82) is 0 Å². The van der Waals surface area contributed by atoms with E-state index in [0.29, 0.717) is 41.9 Å². The van der Waals surface area contributed by atoms with Gasteiger partial charge in [0.15, 0.2) is 0 Å². The lowest BCUT2D eigenvalue weighted by molar-refractivity contribution is -0.384. The molecule has 0 aromatic heterocycles. The summed E-state index contributed by atoms with van der Waals surface area (Å²) in [5.74, 6) is -0.0901. The average Bonchev–Trinajstić information content (AvgIpc) is 2.73. The summed E-state index contributed by atoms with van der Waals surface area (Å²) in [6.45, 7) is 6.24. The highest BCUT2D eigenvalue weighted by Gasteiger charge is 2.29. The second kappa shape index (κ2) is 9.64. The molecule has 1 heterocycles. The Balaban J connectivity index is 1.59. The lowest BCUT2D eigenvalue weighted by Gasteiger charge is -2.38. The standard InChI is InChI=1S/C21H24Cl2N4O3/c1-14(17-8-7-16(22)13-18(17)23)24-21(28)15(2)25-9-11-26(12-10-25)19-5-3-4-6-20(19)27(29)30/h3-8,13-15H,9-12H2,1-2H3,(H,24,28). The van der Waals surface area contributed by atoms with Crippen molar-refractivity contribution in [3.8, 4) is 0 Å². The molecule has 0 bridgehead atoms. The van der Waals surface area contributed by atoms with Crippen molar-refractivity contribution in [2.45, 2.75) is 25.9 Å². The fourth-order valence-electron chi connectivity index (χ4n) is 3.67. The molecule has 3 rings (SSSR count). The number of nitrogens with zero attached hydrogens (tertiary/aromatic N) is 3. The molecule has 0 saturated carbocycles. The number of halogens is 2. The van der Waals surface area contributed by atoms with Crippen LogP contribution in [-0.2, 0) is 4.79 Å². The van der Waals surface area contributed by atoms with Gasteiger partial charge in [0.1, 0.15) is 5.69 Å². The van der Waals surface area contributed by atoms with Gasteiger partial charge in [0.25, 0.3) is 5.69 Å². The van der Waals surface area contributed by atoms with Crippen LogP contribution in [-0.4, -0.2) is 48.0 Å².